The van der Waals surface area contributed by atoms with Crippen molar-refractivity contribution >= 4 is 17.2 Å². The van der Waals surface area contributed by atoms with Gasteiger partial charge in [-0.1, -0.05) is 17.3 Å². The summed E-state index contributed by atoms with van der Waals surface area (Å²) in [6.07, 6.45) is 1.68. The highest BCUT2D eigenvalue weighted by Gasteiger charge is 2.32. The van der Waals surface area contributed by atoms with Gasteiger partial charge in [-0.05, 0) is 31.5 Å². The minimum Gasteiger partial charge on any atom is -0.377 e. The van der Waals surface area contributed by atoms with Crippen molar-refractivity contribution in [3.05, 3.63) is 57.8 Å². The molecule has 0 bridgehead atoms. The van der Waals surface area contributed by atoms with E-state index in [1.807, 2.05) is 43.5 Å². The van der Waals surface area contributed by atoms with Gasteiger partial charge < -0.3 is 9.64 Å². The van der Waals surface area contributed by atoms with Crippen LogP contribution in [0.3, 0.4) is 0 Å². The number of amides is 1. The number of ether oxygens (including phenoxy) is 1. The van der Waals surface area contributed by atoms with Crippen molar-refractivity contribution in [3.63, 3.8) is 0 Å². The fourth-order valence-corrected chi connectivity index (χ4v) is 3.88. The number of carbonyl (C=O) groups excluding carboxylic acids is 1. The summed E-state index contributed by atoms with van der Waals surface area (Å²) in [6, 6.07) is 7.72. The average molecular weight is 369 g/mol. The molecule has 0 saturated carbocycles. The van der Waals surface area contributed by atoms with Gasteiger partial charge in [0.05, 0.1) is 25.1 Å². The molecule has 1 aliphatic heterocycles. The highest BCUT2D eigenvalue weighted by Crippen LogP contribution is 2.28. The Labute approximate surface area is 155 Å². The summed E-state index contributed by atoms with van der Waals surface area (Å²) in [4.78, 5) is 19.3. The van der Waals surface area contributed by atoms with Crippen molar-refractivity contribution in [2.45, 2.75) is 19.9 Å². The highest BCUT2D eigenvalue weighted by atomic mass is 32.1. The second-order valence-corrected chi connectivity index (χ2v) is 7.19. The van der Waals surface area contributed by atoms with Gasteiger partial charge in [-0.3, -0.25) is 4.79 Å². The quantitative estimate of drug-likeness (QED) is 0.709. The minimum absolute atomic E-state index is 0.148. The summed E-state index contributed by atoms with van der Waals surface area (Å²) in [6.45, 7) is 5.44. The molecule has 7 nitrogen and oxygen atoms in total. The van der Waals surface area contributed by atoms with Crippen LogP contribution in [0.5, 0.6) is 0 Å². The third-order valence-electron chi connectivity index (χ3n) is 4.29. The Morgan fingerprint density at radius 1 is 1.35 bits per heavy atom. The smallest absolute Gasteiger partial charge is 0.276 e. The Morgan fingerprint density at radius 2 is 2.23 bits per heavy atom. The zero-order valence-electron chi connectivity index (χ0n) is 14.6. The molecule has 8 heteroatoms. The molecular weight excluding hydrogens is 350 g/mol. The molecule has 0 radical (unpaired) electrons. The number of hydrogen-bond donors (Lipinski definition) is 0. The van der Waals surface area contributed by atoms with Crippen LogP contribution in [0.4, 0.5) is 0 Å². The first-order valence-corrected chi connectivity index (χ1v) is 9.30. The van der Waals surface area contributed by atoms with Gasteiger partial charge in [0.25, 0.3) is 5.91 Å². The van der Waals surface area contributed by atoms with Crippen LogP contribution in [0.25, 0.3) is 5.69 Å². The Hall–Kier alpha value is -2.58. The zero-order chi connectivity index (χ0) is 18.1. The molecule has 0 N–H and O–H groups in total. The van der Waals surface area contributed by atoms with E-state index in [-0.39, 0.29) is 11.9 Å². The molecule has 0 unspecified atom stereocenters. The molecule has 1 atom stereocenters. The van der Waals surface area contributed by atoms with Crippen molar-refractivity contribution in [1.82, 2.24) is 24.9 Å². The van der Waals surface area contributed by atoms with Crippen LogP contribution in [0.1, 0.15) is 32.8 Å². The van der Waals surface area contributed by atoms with E-state index in [1.54, 1.807) is 27.1 Å². The predicted octanol–water partition coefficient (Wildman–Crippen LogP) is 2.55. The van der Waals surface area contributed by atoms with Crippen LogP contribution in [0, 0.1) is 13.8 Å². The molecule has 26 heavy (non-hydrogen) atoms. The van der Waals surface area contributed by atoms with E-state index in [4.69, 9.17) is 4.74 Å². The molecule has 0 spiro atoms. The normalized spacial score (nSPS) is 17.5. The lowest BCUT2D eigenvalue weighted by Crippen LogP contribution is -2.43. The lowest BCUT2D eigenvalue weighted by Gasteiger charge is -2.33. The first-order valence-electron chi connectivity index (χ1n) is 8.42. The van der Waals surface area contributed by atoms with Gasteiger partial charge in [-0.15, -0.1) is 16.4 Å². The predicted molar refractivity (Wildman–Crippen MR) is 97.5 cm³/mol. The van der Waals surface area contributed by atoms with Gasteiger partial charge >= 0.3 is 0 Å². The number of morpholine rings is 1. The Morgan fingerprint density at radius 3 is 3.00 bits per heavy atom. The van der Waals surface area contributed by atoms with Crippen molar-refractivity contribution in [2.24, 2.45) is 0 Å². The second kappa shape index (κ2) is 6.97. The maximum Gasteiger partial charge on any atom is 0.276 e. The van der Waals surface area contributed by atoms with Crippen molar-refractivity contribution in [3.8, 4) is 5.69 Å². The molecule has 1 saturated heterocycles. The molecule has 1 amide bonds. The molecule has 3 heterocycles. The number of rotatable bonds is 3. The summed E-state index contributed by atoms with van der Waals surface area (Å²) in [5, 5.41) is 11.1. The monoisotopic (exact) mass is 369 g/mol. The van der Waals surface area contributed by atoms with E-state index in [0.717, 1.165) is 22.0 Å². The number of benzene rings is 1. The minimum atomic E-state index is -0.181. The standard InChI is InChI=1S/C18H19N5O2S/c1-12-4-3-5-14(8-12)23-9-15(20-21-23)18(24)22-6-7-25-10-16(22)17-19-13(2)11-26-17/h3-5,8-9,11,16H,6-7,10H2,1-2H3/t16-/m1/s1. The van der Waals surface area contributed by atoms with Crippen LogP contribution < -0.4 is 0 Å². The Balaban J connectivity index is 1.60. The van der Waals surface area contributed by atoms with E-state index in [9.17, 15) is 4.79 Å². The number of thiazole rings is 1. The van der Waals surface area contributed by atoms with Crippen molar-refractivity contribution in [2.75, 3.05) is 19.8 Å². The van der Waals surface area contributed by atoms with E-state index in [1.165, 1.54) is 0 Å². The number of aromatic nitrogens is 4. The Kier molecular flexibility index (Phi) is 4.52. The van der Waals surface area contributed by atoms with E-state index < -0.39 is 0 Å². The summed E-state index contributed by atoms with van der Waals surface area (Å²) in [5.41, 5.74) is 3.28. The average Bonchev–Trinajstić information content (AvgIpc) is 3.30. The summed E-state index contributed by atoms with van der Waals surface area (Å²) < 4.78 is 7.21. The van der Waals surface area contributed by atoms with Crippen LogP contribution in [-0.2, 0) is 4.74 Å². The number of carbonyl (C=O) groups is 1. The molecule has 1 aromatic carbocycles. The van der Waals surface area contributed by atoms with Crippen molar-refractivity contribution in [1.29, 1.82) is 0 Å². The van der Waals surface area contributed by atoms with E-state index in [0.29, 0.717) is 25.5 Å². The topological polar surface area (TPSA) is 73.1 Å². The molecule has 0 aliphatic carbocycles. The summed E-state index contributed by atoms with van der Waals surface area (Å²) in [5.74, 6) is -0.148. The third kappa shape index (κ3) is 3.25. The summed E-state index contributed by atoms with van der Waals surface area (Å²) in [7, 11) is 0. The number of hydrogen-bond acceptors (Lipinski definition) is 6. The van der Waals surface area contributed by atoms with Crippen LogP contribution in [0.15, 0.2) is 35.8 Å². The third-order valence-corrected chi connectivity index (χ3v) is 5.35. The van der Waals surface area contributed by atoms with Gasteiger partial charge in [0.15, 0.2) is 5.69 Å². The molecule has 134 valence electrons. The van der Waals surface area contributed by atoms with E-state index in [2.05, 4.69) is 15.3 Å². The van der Waals surface area contributed by atoms with Gasteiger partial charge in [-0.2, -0.15) is 0 Å². The zero-order valence-corrected chi connectivity index (χ0v) is 15.4. The van der Waals surface area contributed by atoms with Gasteiger partial charge in [0.1, 0.15) is 11.0 Å². The lowest BCUT2D eigenvalue weighted by atomic mass is 10.2. The highest BCUT2D eigenvalue weighted by molar-refractivity contribution is 7.09. The first kappa shape index (κ1) is 16.9. The molecule has 1 fully saturated rings. The van der Waals surface area contributed by atoms with Crippen LogP contribution in [0.2, 0.25) is 0 Å². The molecular formula is C18H19N5O2S. The van der Waals surface area contributed by atoms with Crippen LogP contribution in [-0.4, -0.2) is 50.5 Å². The SMILES string of the molecule is Cc1cccc(-n2cc(C(=O)N3CCOC[C@@H]3c3nc(C)cs3)nn2)c1. The fraction of sp³-hybridized carbons (Fsp3) is 0.333. The molecule has 3 aromatic rings. The summed E-state index contributed by atoms with van der Waals surface area (Å²) >= 11 is 1.55. The maximum absolute atomic E-state index is 13.0. The Bertz CT molecular complexity index is 935. The van der Waals surface area contributed by atoms with Gasteiger partial charge in [0.2, 0.25) is 0 Å². The number of nitrogens with zero attached hydrogens (tertiary/aromatic N) is 5. The molecule has 1 aliphatic rings. The molecule has 4 rings (SSSR count). The van der Waals surface area contributed by atoms with Gasteiger partial charge in [0, 0.05) is 17.6 Å². The van der Waals surface area contributed by atoms with Gasteiger partial charge in [-0.25, -0.2) is 9.67 Å². The lowest BCUT2D eigenvalue weighted by molar-refractivity contribution is -0.00309. The molecule has 2 aromatic heterocycles. The van der Waals surface area contributed by atoms with E-state index >= 15 is 0 Å². The van der Waals surface area contributed by atoms with Crippen molar-refractivity contribution < 1.29 is 9.53 Å². The number of aryl methyl sites for hydroxylation is 2. The first-order chi connectivity index (χ1) is 12.6. The maximum atomic E-state index is 13.0. The fourth-order valence-electron chi connectivity index (χ4n) is 2.98. The largest absolute Gasteiger partial charge is 0.377 e. The van der Waals surface area contributed by atoms with Crippen LogP contribution >= 0.6 is 11.3 Å². The second-order valence-electron chi connectivity index (χ2n) is 6.30.